The summed E-state index contributed by atoms with van der Waals surface area (Å²) in [5.41, 5.74) is 0. The molecule has 2 saturated heterocycles. The van der Waals surface area contributed by atoms with Crippen molar-refractivity contribution in [2.75, 3.05) is 159 Å². The molecule has 2 aliphatic heterocycles. The molecule has 1 amide bonds. The monoisotopic (exact) mass is 1020 g/mol. The fraction of sp³-hybridized carbons (Fsp3) is 0.951. The first kappa shape index (κ1) is 65.2. The van der Waals surface area contributed by atoms with Crippen LogP contribution in [0.1, 0.15) is 27.2 Å². The maximum Gasteiger partial charge on any atom is 1.00 e. The number of ether oxygens (including phenoxy) is 14. The summed E-state index contributed by atoms with van der Waals surface area (Å²) in [4.78, 5) is 24.1. The van der Waals surface area contributed by atoms with Crippen molar-refractivity contribution in [1.82, 2.24) is 15.6 Å². The van der Waals surface area contributed by atoms with Crippen molar-refractivity contribution in [2.24, 2.45) is 11.2 Å². The Morgan fingerprint density at radius 1 is 0.725 bits per heavy atom. The van der Waals surface area contributed by atoms with E-state index in [9.17, 15) is 40.4 Å². The third-order valence-corrected chi connectivity index (χ3v) is 10.4. The minimum atomic E-state index is -1.74. The van der Waals surface area contributed by atoms with E-state index in [1.165, 1.54) is 14.0 Å². The van der Waals surface area contributed by atoms with Gasteiger partial charge in [-0.2, -0.15) is 0 Å². The zero-order valence-corrected chi connectivity index (χ0v) is 43.1. The van der Waals surface area contributed by atoms with Crippen molar-refractivity contribution < 1.29 is 131 Å². The molecule has 0 aromatic heterocycles. The molecule has 69 heavy (non-hydrogen) atoms. The van der Waals surface area contributed by atoms with E-state index in [0.717, 1.165) is 5.01 Å². The predicted molar refractivity (Wildman–Crippen MR) is 234 cm³/mol. The third-order valence-electron chi connectivity index (χ3n) is 10.4. The topological polar surface area (TPSA) is 333 Å². The van der Waals surface area contributed by atoms with Crippen LogP contribution in [-0.4, -0.2) is 263 Å². The second kappa shape index (κ2) is 40.7. The Morgan fingerprint density at radius 2 is 1.17 bits per heavy atom. The molecule has 0 aliphatic carbocycles. The van der Waals surface area contributed by atoms with E-state index in [2.05, 4.69) is 15.9 Å². The number of carbonyl (C=O) groups is 2. The van der Waals surface area contributed by atoms with Gasteiger partial charge in [0.25, 0.3) is 0 Å². The Balaban J connectivity index is 0.0000238. The van der Waals surface area contributed by atoms with Crippen LogP contribution in [0.5, 0.6) is 0 Å². The van der Waals surface area contributed by atoms with Crippen molar-refractivity contribution in [2.45, 2.75) is 88.4 Å². The van der Waals surface area contributed by atoms with E-state index in [1.807, 2.05) is 0 Å². The molecule has 0 bridgehead atoms. The SMILES string of the molecule is COCCOCCOCCOCCOCCOCCOCCOCCOCCOC(=O)CCNC(C)CN(C1[C@H](OC)OC(CO)[C@@H](O[C@@H]2OC(CO)[C@@H](C)[C@H](O)C2NC(C)=O)[C@@H]1O)/[N+]([O-])=N/[O-].[Na+]. The number of methoxy groups -OCH3 is 2. The first-order chi connectivity index (χ1) is 32.9. The Kier molecular flexibility index (Phi) is 38.5. The normalized spacial score (nSPS) is 25.5. The maximum atomic E-state index is 12.9. The fourth-order valence-electron chi connectivity index (χ4n) is 6.88. The van der Waals surface area contributed by atoms with E-state index in [0.29, 0.717) is 99.1 Å². The van der Waals surface area contributed by atoms with E-state index < -0.39 is 92.2 Å². The molecule has 0 radical (unpaired) electrons. The van der Waals surface area contributed by atoms with Crippen LogP contribution in [0.2, 0.25) is 0 Å². The molecule has 2 rings (SSSR count). The number of hydrogen-bond acceptors (Lipinski definition) is 24. The van der Waals surface area contributed by atoms with Crippen LogP contribution < -0.4 is 40.2 Å². The zero-order chi connectivity index (χ0) is 49.9. The van der Waals surface area contributed by atoms with Gasteiger partial charge in [0.05, 0.1) is 151 Å². The number of hydrogen-bond donors (Lipinski definition) is 6. The number of esters is 1. The molecule has 27 nitrogen and oxygen atoms in total. The van der Waals surface area contributed by atoms with E-state index in [4.69, 9.17) is 66.3 Å². The van der Waals surface area contributed by atoms with Crippen molar-refractivity contribution in [3.8, 4) is 0 Å². The van der Waals surface area contributed by atoms with Gasteiger partial charge in [0.15, 0.2) is 18.6 Å². The summed E-state index contributed by atoms with van der Waals surface area (Å²) in [7, 11) is 2.84. The standard InChI is InChI=1S/C41H79N5O22.Na/c1-29(26-45(46(54)44-53)36-38(52)39(33(28-48)67-41(36)56-5)68-40-35(43-31(3)49)37(51)30(2)32(27-47)66-40)42-7-6-34(50)65-25-24-64-23-22-63-21-20-62-19-18-61-17-16-60-15-14-59-13-12-58-11-10-57-9-8-55-4;/h29-30,32-33,35-42,47-48,51-53H,6-28H2,1-5H3,(H,43,49);/q;+1/p-1/b46-44-;/t29?,30-,32?,33?,35?,36?,37+,38-,39-,40+,41-;/m1./s1. The molecular weight excluding hydrogens is 937 g/mol. The van der Waals surface area contributed by atoms with Gasteiger partial charge in [0.2, 0.25) is 5.91 Å². The van der Waals surface area contributed by atoms with Gasteiger partial charge in [-0.25, -0.2) is 0 Å². The molecular formula is C41H78N5NaO22. The second-order valence-electron chi connectivity index (χ2n) is 15.5. The minimum Gasteiger partial charge on any atom is -0.737 e. The molecule has 0 aromatic rings. The number of amides is 1. The second-order valence-corrected chi connectivity index (χ2v) is 15.5. The Hall–Kier alpha value is -1.78. The first-order valence-corrected chi connectivity index (χ1v) is 22.8. The van der Waals surface area contributed by atoms with E-state index in [-0.39, 0.29) is 73.9 Å². The van der Waals surface area contributed by atoms with Crippen LogP contribution in [0.25, 0.3) is 0 Å². The van der Waals surface area contributed by atoms with Crippen molar-refractivity contribution in [1.29, 1.82) is 0 Å². The number of nitrogens with one attached hydrogen (secondary N) is 2. The molecule has 6 N–H and O–H groups in total. The van der Waals surface area contributed by atoms with Crippen molar-refractivity contribution in [3.05, 3.63) is 10.4 Å². The van der Waals surface area contributed by atoms with Gasteiger partial charge in [0.1, 0.15) is 31.0 Å². The van der Waals surface area contributed by atoms with Gasteiger partial charge < -0.3 is 108 Å². The smallest absolute Gasteiger partial charge is 0.737 e. The molecule has 28 heteroatoms. The summed E-state index contributed by atoms with van der Waals surface area (Å²) in [6, 6.07) is -3.26. The molecule has 2 heterocycles. The summed E-state index contributed by atoms with van der Waals surface area (Å²) >= 11 is 0. The van der Waals surface area contributed by atoms with Gasteiger partial charge in [-0.1, -0.05) is 6.92 Å². The molecule has 2 fully saturated rings. The van der Waals surface area contributed by atoms with Crippen LogP contribution in [-0.2, 0) is 75.9 Å². The van der Waals surface area contributed by atoms with Crippen LogP contribution in [0, 0.1) is 16.3 Å². The molecule has 2 aliphatic rings. The molecule has 0 aromatic carbocycles. The summed E-state index contributed by atoms with van der Waals surface area (Å²) in [6.07, 6.45) is -9.65. The average molecular weight is 1020 g/mol. The number of aliphatic hydroxyl groups is 4. The van der Waals surface area contributed by atoms with Gasteiger partial charge in [-0.3, -0.25) is 9.59 Å². The molecule has 5 unspecified atom stereocenters. The Bertz CT molecular complexity index is 1330. The van der Waals surface area contributed by atoms with E-state index >= 15 is 0 Å². The fourth-order valence-corrected chi connectivity index (χ4v) is 6.88. The van der Waals surface area contributed by atoms with Crippen LogP contribution in [0.4, 0.5) is 0 Å². The first-order valence-electron chi connectivity index (χ1n) is 22.8. The van der Waals surface area contributed by atoms with Crippen molar-refractivity contribution >= 4 is 11.9 Å². The summed E-state index contributed by atoms with van der Waals surface area (Å²) in [5.74, 6) is -1.69. The van der Waals surface area contributed by atoms with Crippen molar-refractivity contribution in [3.63, 3.8) is 0 Å². The largest absolute Gasteiger partial charge is 1.00 e. The molecule has 0 saturated carbocycles. The number of rotatable bonds is 41. The quantitative estimate of drug-likeness (QED) is 0.00829. The average Bonchev–Trinajstić information content (AvgIpc) is 3.32. The van der Waals surface area contributed by atoms with E-state index in [1.54, 1.807) is 21.0 Å². The predicted octanol–water partition coefficient (Wildman–Crippen LogP) is -5.94. The van der Waals surface area contributed by atoms with Gasteiger partial charge in [-0.15, -0.1) is 5.01 Å². The third kappa shape index (κ3) is 26.7. The number of aliphatic hydroxyl groups excluding tert-OH is 4. The van der Waals surface area contributed by atoms with Crippen LogP contribution in [0.3, 0.4) is 0 Å². The van der Waals surface area contributed by atoms with Gasteiger partial charge >= 0.3 is 35.5 Å². The Morgan fingerprint density at radius 3 is 1.59 bits per heavy atom. The van der Waals surface area contributed by atoms with Gasteiger partial charge in [0, 0.05) is 44.6 Å². The molecule has 0 spiro atoms. The minimum absolute atomic E-state index is 0. The van der Waals surface area contributed by atoms with Crippen LogP contribution >= 0.6 is 0 Å². The number of hydrazine groups is 1. The Labute approximate surface area is 426 Å². The number of nitrogens with zero attached hydrogens (tertiary/aromatic N) is 3. The zero-order valence-electron chi connectivity index (χ0n) is 41.1. The molecule has 400 valence electrons. The molecule has 11 atom stereocenters. The van der Waals surface area contributed by atoms with Gasteiger partial charge in [-0.05, 0) is 12.2 Å². The summed E-state index contributed by atoms with van der Waals surface area (Å²) in [6.45, 7) is 10.3. The number of carbonyl (C=O) groups excluding carboxylic acids is 2. The van der Waals surface area contributed by atoms with Crippen LogP contribution in [0.15, 0.2) is 5.28 Å². The summed E-state index contributed by atoms with van der Waals surface area (Å²) in [5, 5.41) is 76.1. The summed E-state index contributed by atoms with van der Waals surface area (Å²) < 4.78 is 76.7. The maximum absolute atomic E-state index is 12.9.